The van der Waals surface area contributed by atoms with Gasteiger partial charge in [-0.15, -0.1) is 0 Å². The number of benzene rings is 1. The summed E-state index contributed by atoms with van der Waals surface area (Å²) in [6.07, 6.45) is 9.29. The second-order valence-electron chi connectivity index (χ2n) is 8.73. The van der Waals surface area contributed by atoms with E-state index in [4.69, 9.17) is 5.14 Å². The Balaban J connectivity index is 2.45. The molecule has 2 rings (SSSR count). The first kappa shape index (κ1) is 28.6. The minimum Gasteiger partial charge on any atom is -0.313 e. The molecular formula is C24H40N4O4S2. The summed E-state index contributed by atoms with van der Waals surface area (Å²) in [7, 11) is -7.99. The number of aromatic nitrogens is 1. The Hall–Kier alpha value is -1.59. The number of nitrogens with two attached hydrogens (primary N) is 1. The average molecular weight is 513 g/mol. The van der Waals surface area contributed by atoms with Gasteiger partial charge in [-0.2, -0.15) is 4.31 Å². The summed E-state index contributed by atoms with van der Waals surface area (Å²) >= 11 is 0. The Morgan fingerprint density at radius 2 is 1.68 bits per heavy atom. The number of hydrogen-bond donors (Lipinski definition) is 2. The van der Waals surface area contributed by atoms with Crippen LogP contribution in [0.25, 0.3) is 10.8 Å². The molecule has 1 aromatic carbocycles. The number of unbranched alkanes of at least 4 members (excludes halogenated alkanes) is 4. The number of fused-ring (bicyclic) bond motifs is 1. The molecular weight excluding hydrogens is 472 g/mol. The summed E-state index contributed by atoms with van der Waals surface area (Å²) in [5, 5.41) is 9.06. The molecule has 192 valence electrons. The number of nitrogens with zero attached hydrogens (tertiary/aromatic N) is 2. The molecule has 1 aromatic heterocycles. The molecule has 0 aliphatic rings. The fourth-order valence-electron chi connectivity index (χ4n) is 4.06. The largest absolute Gasteiger partial charge is 0.313 e. The van der Waals surface area contributed by atoms with Crippen molar-refractivity contribution in [2.45, 2.75) is 88.1 Å². The van der Waals surface area contributed by atoms with Crippen LogP contribution in [0, 0.1) is 0 Å². The molecule has 0 radical (unpaired) electrons. The maximum Gasteiger partial charge on any atom is 0.256 e. The topological polar surface area (TPSA) is 122 Å². The van der Waals surface area contributed by atoms with E-state index in [0.717, 1.165) is 51.5 Å². The van der Waals surface area contributed by atoms with Gasteiger partial charge in [-0.25, -0.2) is 27.0 Å². The van der Waals surface area contributed by atoms with Crippen molar-refractivity contribution < 1.29 is 16.8 Å². The highest BCUT2D eigenvalue weighted by Crippen LogP contribution is 2.29. The lowest BCUT2D eigenvalue weighted by Gasteiger charge is -2.28. The first-order valence-electron chi connectivity index (χ1n) is 12.3. The molecule has 0 saturated carbocycles. The van der Waals surface area contributed by atoms with Gasteiger partial charge in [0.25, 0.3) is 10.0 Å². The van der Waals surface area contributed by atoms with Gasteiger partial charge in [-0.05, 0) is 37.9 Å². The van der Waals surface area contributed by atoms with Crippen LogP contribution in [-0.4, -0.2) is 51.8 Å². The highest BCUT2D eigenvalue weighted by molar-refractivity contribution is 7.89. The fourth-order valence-corrected chi connectivity index (χ4v) is 6.48. The van der Waals surface area contributed by atoms with Crippen LogP contribution in [0.15, 0.2) is 40.4 Å². The van der Waals surface area contributed by atoms with Crippen molar-refractivity contribution >= 4 is 30.8 Å². The lowest BCUT2D eigenvalue weighted by Crippen LogP contribution is -2.44. The smallest absolute Gasteiger partial charge is 0.256 e. The van der Waals surface area contributed by atoms with E-state index in [9.17, 15) is 16.8 Å². The van der Waals surface area contributed by atoms with Crippen LogP contribution in [0.3, 0.4) is 0 Å². The molecule has 1 unspecified atom stereocenters. The van der Waals surface area contributed by atoms with Crippen LogP contribution in [0.4, 0.5) is 0 Å². The van der Waals surface area contributed by atoms with Crippen LogP contribution >= 0.6 is 0 Å². The number of nitrogens with one attached hydrogen (secondary N) is 1. The van der Waals surface area contributed by atoms with E-state index in [1.807, 2.05) is 6.92 Å². The van der Waals surface area contributed by atoms with Crippen molar-refractivity contribution in [3.63, 3.8) is 0 Å². The molecule has 0 bridgehead atoms. The summed E-state index contributed by atoms with van der Waals surface area (Å²) in [5.41, 5.74) is 0. The Morgan fingerprint density at radius 3 is 2.32 bits per heavy atom. The number of rotatable bonds is 16. The van der Waals surface area contributed by atoms with Gasteiger partial charge in [0.15, 0.2) is 5.03 Å². The molecule has 0 fully saturated rings. The Labute approximate surface area is 205 Å². The third kappa shape index (κ3) is 7.71. The summed E-state index contributed by atoms with van der Waals surface area (Å²) in [6, 6.07) is 6.20. The van der Waals surface area contributed by atoms with Gasteiger partial charge >= 0.3 is 0 Å². The van der Waals surface area contributed by atoms with E-state index < -0.39 is 20.0 Å². The zero-order valence-electron chi connectivity index (χ0n) is 20.7. The van der Waals surface area contributed by atoms with Crippen molar-refractivity contribution in [3.8, 4) is 0 Å². The third-order valence-corrected chi connectivity index (χ3v) is 8.68. The second-order valence-corrected chi connectivity index (χ2v) is 12.1. The highest BCUT2D eigenvalue weighted by Gasteiger charge is 2.29. The highest BCUT2D eigenvalue weighted by atomic mass is 32.2. The molecule has 3 N–H and O–H groups in total. The Bertz CT molecular complexity index is 1120. The van der Waals surface area contributed by atoms with Crippen LogP contribution in [0.5, 0.6) is 0 Å². The minimum absolute atomic E-state index is 0.0556. The predicted molar refractivity (Wildman–Crippen MR) is 138 cm³/mol. The van der Waals surface area contributed by atoms with E-state index in [1.54, 1.807) is 10.4 Å². The van der Waals surface area contributed by atoms with Crippen LogP contribution in [0.1, 0.15) is 72.1 Å². The molecule has 8 nitrogen and oxygen atoms in total. The zero-order chi connectivity index (χ0) is 25.2. The SMILES string of the molecule is CCCCCCC(CN(CCCC)S(=O)(=O)c1cccc2c(S(N)(=O)=O)nccc12)NCCC. The first-order chi connectivity index (χ1) is 16.2. The lowest BCUT2D eigenvalue weighted by molar-refractivity contribution is 0.331. The molecule has 10 heteroatoms. The number of sulfonamides is 2. The number of hydrogen-bond acceptors (Lipinski definition) is 6. The summed E-state index contributed by atoms with van der Waals surface area (Å²) in [4.78, 5) is 3.97. The Morgan fingerprint density at radius 1 is 0.941 bits per heavy atom. The van der Waals surface area contributed by atoms with Gasteiger partial charge in [0.05, 0.1) is 4.90 Å². The van der Waals surface area contributed by atoms with Crippen LogP contribution < -0.4 is 10.5 Å². The van der Waals surface area contributed by atoms with Gasteiger partial charge in [0, 0.05) is 36.1 Å². The second kappa shape index (κ2) is 13.5. The number of pyridine rings is 1. The van der Waals surface area contributed by atoms with E-state index in [2.05, 4.69) is 24.1 Å². The van der Waals surface area contributed by atoms with Gasteiger partial charge in [0.1, 0.15) is 0 Å². The summed E-state index contributed by atoms with van der Waals surface area (Å²) < 4.78 is 53.4. The quantitative estimate of drug-likeness (QED) is 0.328. The van der Waals surface area contributed by atoms with Gasteiger partial charge in [0.2, 0.25) is 10.0 Å². The molecule has 34 heavy (non-hydrogen) atoms. The predicted octanol–water partition coefficient (Wildman–Crippen LogP) is 4.01. The average Bonchev–Trinajstić information content (AvgIpc) is 2.80. The van der Waals surface area contributed by atoms with E-state index in [1.165, 1.54) is 30.8 Å². The minimum atomic E-state index is -4.10. The van der Waals surface area contributed by atoms with Gasteiger partial charge in [-0.1, -0.05) is 65.0 Å². The van der Waals surface area contributed by atoms with Crippen molar-refractivity contribution in [3.05, 3.63) is 30.5 Å². The molecule has 0 aliphatic heterocycles. The first-order valence-corrected chi connectivity index (χ1v) is 15.3. The maximum atomic E-state index is 13.9. The van der Waals surface area contributed by atoms with Crippen LogP contribution in [0.2, 0.25) is 0 Å². The molecule has 0 aliphatic carbocycles. The molecule has 0 spiro atoms. The fraction of sp³-hybridized carbons (Fsp3) is 0.625. The van der Waals surface area contributed by atoms with Crippen molar-refractivity contribution in [2.24, 2.45) is 5.14 Å². The summed E-state index contributed by atoms with van der Waals surface area (Å²) in [6.45, 7) is 7.91. The Kier molecular flexibility index (Phi) is 11.4. The maximum absolute atomic E-state index is 13.9. The molecule has 0 amide bonds. The van der Waals surface area contributed by atoms with E-state index in [-0.39, 0.29) is 21.3 Å². The molecule has 0 saturated heterocycles. The van der Waals surface area contributed by atoms with Crippen molar-refractivity contribution in [2.75, 3.05) is 19.6 Å². The zero-order valence-corrected chi connectivity index (χ0v) is 22.3. The van der Waals surface area contributed by atoms with Gasteiger partial charge in [-0.3, -0.25) is 0 Å². The van der Waals surface area contributed by atoms with Gasteiger partial charge < -0.3 is 5.32 Å². The number of primary sulfonamides is 1. The van der Waals surface area contributed by atoms with Crippen molar-refractivity contribution in [1.82, 2.24) is 14.6 Å². The normalized spacial score (nSPS) is 13.6. The van der Waals surface area contributed by atoms with E-state index in [0.29, 0.717) is 18.5 Å². The monoisotopic (exact) mass is 512 g/mol. The molecule has 1 heterocycles. The lowest BCUT2D eigenvalue weighted by atomic mass is 10.1. The van der Waals surface area contributed by atoms with E-state index >= 15 is 0 Å². The third-order valence-electron chi connectivity index (χ3n) is 5.89. The molecule has 2 aromatic rings. The summed E-state index contributed by atoms with van der Waals surface area (Å²) in [5.74, 6) is 0. The standard InChI is InChI=1S/C24H40N4O4S2/c1-4-7-9-10-12-20(26-16-6-3)19-28(18-8-5-2)34(31,32)23-14-11-13-22-21(23)15-17-27-24(22)33(25,29)30/h11,13-15,17,20,26H,4-10,12,16,18-19H2,1-3H3,(H2,25,29,30). The molecule has 1 atom stereocenters. The van der Waals surface area contributed by atoms with Crippen LogP contribution in [-0.2, 0) is 20.0 Å². The van der Waals surface area contributed by atoms with Crippen molar-refractivity contribution in [1.29, 1.82) is 0 Å².